The Kier molecular flexibility index (Phi) is 4.50. The van der Waals surface area contributed by atoms with Gasteiger partial charge in [0.25, 0.3) is 11.8 Å². The van der Waals surface area contributed by atoms with Gasteiger partial charge in [-0.15, -0.1) is 11.3 Å². The van der Waals surface area contributed by atoms with Gasteiger partial charge in [-0.25, -0.2) is 9.69 Å². The van der Waals surface area contributed by atoms with Crippen LogP contribution in [-0.2, 0) is 9.59 Å². The van der Waals surface area contributed by atoms with E-state index in [1.54, 1.807) is 30.3 Å². The normalized spacial score (nSPS) is 16.5. The number of imide groups is 2. The third-order valence-electron chi connectivity index (χ3n) is 3.31. The Morgan fingerprint density at radius 1 is 1.17 bits per heavy atom. The minimum Gasteiger partial charge on any atom is -0.495 e. The second kappa shape index (κ2) is 6.58. The number of barbiturate groups is 1. The van der Waals surface area contributed by atoms with Gasteiger partial charge >= 0.3 is 6.03 Å². The Morgan fingerprint density at radius 2 is 1.92 bits per heavy atom. The number of urea groups is 1. The molecule has 1 N–H and O–H groups in total. The van der Waals surface area contributed by atoms with Gasteiger partial charge in [0, 0.05) is 4.88 Å². The number of methoxy groups -OCH3 is 1. The van der Waals surface area contributed by atoms with E-state index < -0.39 is 17.8 Å². The van der Waals surface area contributed by atoms with Gasteiger partial charge in [0.1, 0.15) is 11.3 Å². The van der Waals surface area contributed by atoms with Gasteiger partial charge in [-0.05, 0) is 46.3 Å². The van der Waals surface area contributed by atoms with Crippen LogP contribution in [0.2, 0.25) is 0 Å². The highest BCUT2D eigenvalue weighted by atomic mass is 79.9. The monoisotopic (exact) mass is 406 g/mol. The highest BCUT2D eigenvalue weighted by Gasteiger charge is 2.38. The number of nitrogens with zero attached hydrogens (tertiary/aromatic N) is 1. The van der Waals surface area contributed by atoms with Crippen LogP contribution in [0.1, 0.15) is 4.88 Å². The van der Waals surface area contributed by atoms with Crippen LogP contribution in [0, 0.1) is 0 Å². The molecule has 1 aliphatic rings. The molecule has 0 bridgehead atoms. The van der Waals surface area contributed by atoms with Crippen molar-refractivity contribution in [2.24, 2.45) is 0 Å². The fourth-order valence-electron chi connectivity index (χ4n) is 2.24. The van der Waals surface area contributed by atoms with E-state index >= 15 is 0 Å². The molecule has 0 radical (unpaired) electrons. The number of amides is 4. The molecule has 0 aliphatic carbocycles. The van der Waals surface area contributed by atoms with E-state index in [4.69, 9.17) is 4.74 Å². The molecule has 0 unspecified atom stereocenters. The van der Waals surface area contributed by atoms with Crippen LogP contribution in [0.4, 0.5) is 10.5 Å². The molecule has 0 saturated carbocycles. The van der Waals surface area contributed by atoms with Crippen molar-refractivity contribution in [2.45, 2.75) is 0 Å². The zero-order chi connectivity index (χ0) is 17.3. The van der Waals surface area contributed by atoms with Gasteiger partial charge in [-0.1, -0.05) is 12.1 Å². The largest absolute Gasteiger partial charge is 0.495 e. The number of carbonyl (C=O) groups is 3. The lowest BCUT2D eigenvalue weighted by Crippen LogP contribution is -2.54. The zero-order valence-electron chi connectivity index (χ0n) is 12.4. The molecular formula is C16H11BrN2O4S. The van der Waals surface area contributed by atoms with E-state index in [0.717, 1.165) is 13.6 Å². The third-order valence-corrected chi connectivity index (χ3v) is 4.88. The molecule has 1 aromatic heterocycles. The highest BCUT2D eigenvalue weighted by Crippen LogP contribution is 2.31. The van der Waals surface area contributed by atoms with Crippen molar-refractivity contribution in [3.63, 3.8) is 0 Å². The fraction of sp³-hybridized carbons (Fsp3) is 0.0625. The molecule has 0 spiro atoms. The molecule has 3 rings (SSSR count). The number of benzene rings is 1. The number of nitrogens with one attached hydrogen (secondary N) is 1. The lowest BCUT2D eigenvalue weighted by molar-refractivity contribution is -0.122. The lowest BCUT2D eigenvalue weighted by atomic mass is 10.1. The Hall–Kier alpha value is -2.45. The maximum Gasteiger partial charge on any atom is 0.336 e. The van der Waals surface area contributed by atoms with E-state index in [0.29, 0.717) is 5.75 Å². The highest BCUT2D eigenvalue weighted by molar-refractivity contribution is 9.11. The fourth-order valence-corrected chi connectivity index (χ4v) is 3.61. The van der Waals surface area contributed by atoms with Crippen LogP contribution >= 0.6 is 27.3 Å². The lowest BCUT2D eigenvalue weighted by Gasteiger charge is -2.27. The predicted molar refractivity (Wildman–Crippen MR) is 94.0 cm³/mol. The van der Waals surface area contributed by atoms with Gasteiger partial charge in [-0.3, -0.25) is 14.9 Å². The Morgan fingerprint density at radius 3 is 2.58 bits per heavy atom. The summed E-state index contributed by atoms with van der Waals surface area (Å²) < 4.78 is 6.07. The minimum absolute atomic E-state index is 0.116. The molecule has 4 amide bonds. The topological polar surface area (TPSA) is 75.7 Å². The third kappa shape index (κ3) is 2.98. The maximum atomic E-state index is 12.7. The first-order chi connectivity index (χ1) is 11.5. The van der Waals surface area contributed by atoms with Crippen molar-refractivity contribution in [2.75, 3.05) is 12.0 Å². The Balaban J connectivity index is 2.05. The number of hydrogen-bond donors (Lipinski definition) is 1. The molecule has 1 aliphatic heterocycles. The molecule has 1 saturated heterocycles. The van der Waals surface area contributed by atoms with Crippen LogP contribution in [0.5, 0.6) is 5.75 Å². The summed E-state index contributed by atoms with van der Waals surface area (Å²) in [5.41, 5.74) is 0.156. The summed E-state index contributed by atoms with van der Waals surface area (Å²) in [6.45, 7) is 0. The summed E-state index contributed by atoms with van der Waals surface area (Å²) >= 11 is 4.70. The molecule has 6 nitrogen and oxygen atoms in total. The first kappa shape index (κ1) is 16.4. The van der Waals surface area contributed by atoms with Crippen LogP contribution in [0.15, 0.2) is 45.8 Å². The number of ether oxygens (including phenoxy) is 1. The molecular weight excluding hydrogens is 396 g/mol. The molecule has 8 heteroatoms. The Labute approximate surface area is 149 Å². The number of halogens is 1. The maximum absolute atomic E-state index is 12.7. The summed E-state index contributed by atoms with van der Waals surface area (Å²) in [5.74, 6) is -1.06. The number of rotatable bonds is 3. The van der Waals surface area contributed by atoms with Crippen molar-refractivity contribution >= 4 is 56.9 Å². The summed E-state index contributed by atoms with van der Waals surface area (Å²) in [4.78, 5) is 38.6. The van der Waals surface area contributed by atoms with E-state index in [9.17, 15) is 14.4 Å². The van der Waals surface area contributed by atoms with Crippen LogP contribution in [0.25, 0.3) is 6.08 Å². The molecule has 1 fully saturated rings. The van der Waals surface area contributed by atoms with Crippen LogP contribution in [-0.4, -0.2) is 25.0 Å². The average molecular weight is 407 g/mol. The van der Waals surface area contributed by atoms with E-state index in [2.05, 4.69) is 21.2 Å². The van der Waals surface area contributed by atoms with Gasteiger partial charge in [-0.2, -0.15) is 0 Å². The number of carbonyl (C=O) groups excluding carboxylic acids is 3. The first-order valence-corrected chi connectivity index (χ1v) is 8.42. The summed E-state index contributed by atoms with van der Waals surface area (Å²) in [6, 6.07) is 9.38. The smallest absolute Gasteiger partial charge is 0.336 e. The van der Waals surface area contributed by atoms with Crippen molar-refractivity contribution in [3.8, 4) is 5.75 Å². The summed E-state index contributed by atoms with van der Waals surface area (Å²) in [6.07, 6.45) is 1.46. The second-order valence-electron chi connectivity index (χ2n) is 4.77. The SMILES string of the molecule is COc1ccccc1N1C(=O)NC(=O)/C(=C/c2ccc(Br)s2)C1=O. The molecule has 1 aromatic carbocycles. The second-order valence-corrected chi connectivity index (χ2v) is 7.27. The quantitative estimate of drug-likeness (QED) is 0.627. The molecule has 2 aromatic rings. The molecule has 24 heavy (non-hydrogen) atoms. The summed E-state index contributed by atoms with van der Waals surface area (Å²) in [7, 11) is 1.44. The van der Waals surface area contributed by atoms with Gasteiger partial charge in [0.2, 0.25) is 0 Å². The number of thiophene rings is 1. The Bertz CT molecular complexity index is 874. The van der Waals surface area contributed by atoms with E-state index in [1.165, 1.54) is 24.5 Å². The molecule has 0 atom stereocenters. The number of anilines is 1. The average Bonchev–Trinajstić information content (AvgIpc) is 2.97. The molecule has 122 valence electrons. The van der Waals surface area contributed by atoms with E-state index in [-0.39, 0.29) is 11.3 Å². The van der Waals surface area contributed by atoms with Gasteiger partial charge in [0.15, 0.2) is 0 Å². The minimum atomic E-state index is -0.806. The van der Waals surface area contributed by atoms with Crippen molar-refractivity contribution in [1.29, 1.82) is 0 Å². The zero-order valence-corrected chi connectivity index (χ0v) is 14.8. The number of hydrogen-bond acceptors (Lipinski definition) is 5. The van der Waals surface area contributed by atoms with Gasteiger partial charge in [0.05, 0.1) is 16.6 Å². The van der Waals surface area contributed by atoms with Crippen molar-refractivity contribution in [1.82, 2.24) is 5.32 Å². The first-order valence-electron chi connectivity index (χ1n) is 6.81. The van der Waals surface area contributed by atoms with Crippen LogP contribution in [0.3, 0.4) is 0 Å². The van der Waals surface area contributed by atoms with Crippen molar-refractivity contribution < 1.29 is 19.1 Å². The number of para-hydroxylation sites is 2. The van der Waals surface area contributed by atoms with Crippen LogP contribution < -0.4 is 15.0 Å². The van der Waals surface area contributed by atoms with E-state index in [1.807, 2.05) is 6.07 Å². The standard InChI is InChI=1S/C16H11BrN2O4S/c1-23-12-5-3-2-4-11(12)19-15(21)10(14(20)18-16(19)22)8-9-6-7-13(17)24-9/h2-8H,1H3,(H,18,20,22)/b10-8-. The van der Waals surface area contributed by atoms with Crippen molar-refractivity contribution in [3.05, 3.63) is 50.6 Å². The predicted octanol–water partition coefficient (Wildman–Crippen LogP) is 3.19. The summed E-state index contributed by atoms with van der Waals surface area (Å²) in [5, 5.41) is 2.18. The molecule has 2 heterocycles. The van der Waals surface area contributed by atoms with Gasteiger partial charge < -0.3 is 4.74 Å².